The Bertz CT molecular complexity index is 4600. The van der Waals surface area contributed by atoms with Gasteiger partial charge < -0.3 is 80.5 Å². The maximum Gasteiger partial charge on any atom is 0.326 e. The number of ketones is 2. The minimum Gasteiger partial charge on any atom is -0.744 e. The van der Waals surface area contributed by atoms with Gasteiger partial charge in [0.2, 0.25) is 17.5 Å². The number of nitrogens with zero attached hydrogens (tertiary/aromatic N) is 4. The van der Waals surface area contributed by atoms with Crippen LogP contribution in [0.2, 0.25) is 0 Å². The number of carboxylic acids is 5. The predicted octanol–water partition coefficient (Wildman–Crippen LogP) is 8.07. The summed E-state index contributed by atoms with van der Waals surface area (Å²) in [6.45, 7) is 9.06. The Hall–Kier alpha value is -9.17. The van der Waals surface area contributed by atoms with Crippen molar-refractivity contribution in [3.05, 3.63) is 142 Å². The number of ether oxygens (including phenoxy) is 2. The molecule has 6 rings (SSSR count). The molecule has 2 aliphatic heterocycles. The monoisotopic (exact) mass is 1790 g/mol. The molecule has 0 aliphatic carbocycles. The molecule has 2 unspecified atom stereocenters. The van der Waals surface area contributed by atoms with Gasteiger partial charge in [-0.25, -0.2) is 31.2 Å². The van der Waals surface area contributed by atoms with Crippen molar-refractivity contribution in [2.24, 2.45) is 0 Å². The molecule has 11 N–H and O–H groups in total. The molecule has 0 bridgehead atoms. The van der Waals surface area contributed by atoms with Gasteiger partial charge in [0, 0.05) is 176 Å². The van der Waals surface area contributed by atoms with Crippen LogP contribution in [-0.4, -0.2) is 232 Å². The molecule has 2 aliphatic rings. The number of aryl methyl sites for hydroxylation is 2. The first-order chi connectivity index (χ1) is 56.2. The smallest absolute Gasteiger partial charge is 0.326 e. The van der Waals surface area contributed by atoms with Crippen LogP contribution >= 0.6 is 0 Å². The largest absolute Gasteiger partial charge is 0.744 e. The maximum atomic E-state index is 12.9. The molecule has 0 fully saturated rings. The normalized spacial score (nSPS) is 14.4. The van der Waals surface area contributed by atoms with Crippen molar-refractivity contribution in [3.63, 3.8) is 0 Å². The van der Waals surface area contributed by atoms with Crippen LogP contribution in [0.3, 0.4) is 0 Å². The number of fused-ring (bicyclic) bond motifs is 2. The average Bonchev–Trinajstić information content (AvgIpc) is 1.59. The first-order valence-electron chi connectivity index (χ1n) is 39.9. The van der Waals surface area contributed by atoms with Crippen molar-refractivity contribution >= 4 is 96.6 Å². The van der Waals surface area contributed by atoms with E-state index in [0.29, 0.717) is 124 Å². The van der Waals surface area contributed by atoms with Gasteiger partial charge in [0.25, 0.3) is 0 Å². The first kappa shape index (κ1) is 101. The van der Waals surface area contributed by atoms with Crippen molar-refractivity contribution < 1.29 is 156 Å². The summed E-state index contributed by atoms with van der Waals surface area (Å²) in [5.41, 5.74) is 5.61. The minimum atomic E-state index is -4.73. The van der Waals surface area contributed by atoms with Gasteiger partial charge in [0.05, 0.1) is 48.1 Å². The summed E-state index contributed by atoms with van der Waals surface area (Å²) >= 11 is 0. The van der Waals surface area contributed by atoms with Crippen molar-refractivity contribution in [1.82, 2.24) is 31.1 Å². The Morgan fingerprint density at radius 1 is 0.525 bits per heavy atom. The molecule has 4 aromatic carbocycles. The summed E-state index contributed by atoms with van der Waals surface area (Å²) in [4.78, 5) is 126. The van der Waals surface area contributed by atoms with Crippen LogP contribution in [0.4, 0.5) is 16.2 Å². The first-order valence-corrected chi connectivity index (χ1v) is 42.7. The Morgan fingerprint density at radius 2 is 1.03 bits per heavy atom. The van der Waals surface area contributed by atoms with Gasteiger partial charge in [-0.1, -0.05) is 75.6 Å². The van der Waals surface area contributed by atoms with Crippen molar-refractivity contribution in [3.8, 4) is 11.5 Å². The van der Waals surface area contributed by atoms with Gasteiger partial charge in [-0.2, -0.15) is 4.58 Å². The third kappa shape index (κ3) is 34.0. The van der Waals surface area contributed by atoms with Crippen molar-refractivity contribution in [2.75, 3.05) is 84.2 Å². The zero-order valence-electron chi connectivity index (χ0n) is 68.7. The number of anilines is 1. The molecular formula is C84H113N8O25S2Y-. The molecule has 36 heteroatoms. The molecule has 2 atom stereocenters. The maximum absolute atomic E-state index is 12.9. The average molecular weight is 1790 g/mol. The van der Waals surface area contributed by atoms with Crippen LogP contribution < -0.4 is 26.2 Å². The third-order valence-corrected chi connectivity index (χ3v) is 22.4. The van der Waals surface area contributed by atoms with Crippen LogP contribution in [-0.2, 0) is 142 Å². The third-order valence-electron chi connectivity index (χ3n) is 20.8. The molecule has 0 spiro atoms. The van der Waals surface area contributed by atoms with Gasteiger partial charge in [-0.15, -0.1) is 0 Å². The number of benzene rings is 4. The van der Waals surface area contributed by atoms with E-state index in [1.165, 1.54) is 46.2 Å². The summed E-state index contributed by atoms with van der Waals surface area (Å²) in [5, 5.41) is 78.9. The van der Waals surface area contributed by atoms with E-state index in [0.717, 1.165) is 34.8 Å². The number of Topliss-reactive ketones (excluding diaryl/α,β-unsaturated/α-hetero) is 2. The fraction of sp³-hybridized carbons (Fsp3) is 0.512. The van der Waals surface area contributed by atoms with Crippen LogP contribution in [0.1, 0.15) is 183 Å². The Kier molecular flexibility index (Phi) is 42.0. The SMILES string of the molecule is C[N+]1=C(C=CC=CC=C2N(CCCCCC(=O)CCCOCCOCCNC(=O)CCc3ccc(O)c(CN(CCN(CC(=O)O)Cc4cc(CCC(=O)CCCCCCC(=O)NCCCCC(NC(=O)NC(CCC(=O)O)C(=O)O)C(=O)O)ccc4O)CC(=O)O)c3)c3ccc(S(=O)(=O)[O-])cc3C2(C)C)C(C)(C)c2cc(S(=O)(=O)[O-])ccc21.[Y]. The Balaban J connectivity index is 0.0000256. The number of rotatable bonds is 57. The van der Waals surface area contributed by atoms with Crippen LogP contribution in [0.25, 0.3) is 0 Å². The predicted molar refractivity (Wildman–Crippen MR) is 436 cm³/mol. The standard InChI is InChI=1S/C84H114N8O25S2.Y/c1-83(2)65-51-63(118(110,111)112)31-34-69(65)89(5)73(83)23-12-8-13-24-74-84(3,4)66-52-64(119(113,114)115)32-35-70(66)92(74)42-17-9-11-19-61(93)21-18-45-116-47-48-117-46-41-86-76(98)38-29-58-28-37-72(96)60(50-58)54-91(56-79(103)104)44-43-90(55-78(101)102)53-59-49-57(27-36-71(59)95)26-30-62(94)20-10-6-7-14-25-75(97)85-40-16-15-22-67(80(105)106)87-82(109)88-68(81(107)108)33-39-77(99)100;/h8,12-13,23-24,27-28,31-32,34-37,49-52,67-68H,6-7,9-11,14-22,25-26,29-30,33,38-48,53-56H2,1-5H3,(H12-,85,86,87,88,95,96,97,98,99,100,101,102,103,104,105,106,107,108,109,110,111,112,113,114,115);/p-1. The fourth-order valence-electron chi connectivity index (χ4n) is 14.3. The number of allylic oxidation sites excluding steroid dienone is 6. The summed E-state index contributed by atoms with van der Waals surface area (Å²) < 4.78 is 85.1. The number of carbonyl (C=O) groups excluding carboxylic acids is 5. The molecule has 0 saturated heterocycles. The summed E-state index contributed by atoms with van der Waals surface area (Å²) in [6, 6.07) is 14.4. The molecule has 655 valence electrons. The zero-order valence-corrected chi connectivity index (χ0v) is 73.1. The zero-order chi connectivity index (χ0) is 87.6. The second-order valence-corrected chi connectivity index (χ2v) is 33.5. The van der Waals surface area contributed by atoms with Gasteiger partial charge in [-0.3, -0.25) is 43.4 Å². The van der Waals surface area contributed by atoms with Gasteiger partial charge in [0.1, 0.15) is 62.4 Å². The Labute approximate surface area is 725 Å². The van der Waals surface area contributed by atoms with Crippen LogP contribution in [0.5, 0.6) is 11.5 Å². The molecule has 4 amide bonds. The number of hydrogen-bond acceptors (Lipinski definition) is 23. The number of aromatic hydroxyl groups is 2. The van der Waals surface area contributed by atoms with Gasteiger partial charge >= 0.3 is 35.9 Å². The molecule has 120 heavy (non-hydrogen) atoms. The molecule has 0 aromatic heterocycles. The van der Waals surface area contributed by atoms with E-state index in [2.05, 4.69) is 26.2 Å². The van der Waals surface area contributed by atoms with E-state index in [4.69, 9.17) is 14.6 Å². The number of carboxylic acid groups (broad SMARTS) is 5. The van der Waals surface area contributed by atoms with Gasteiger partial charge in [-0.05, 0) is 150 Å². The second-order valence-electron chi connectivity index (χ2n) is 30.7. The molecule has 1 radical (unpaired) electrons. The van der Waals surface area contributed by atoms with Crippen LogP contribution in [0, 0.1) is 0 Å². The number of carbonyl (C=O) groups is 10. The number of nitrogens with one attached hydrogen (secondary N) is 4. The Morgan fingerprint density at radius 3 is 1.60 bits per heavy atom. The van der Waals surface area contributed by atoms with Crippen molar-refractivity contribution in [1.29, 1.82) is 0 Å². The number of phenolic OH excluding ortho intramolecular Hbond substituents is 2. The summed E-state index contributed by atoms with van der Waals surface area (Å²) in [6.07, 6.45) is 16.6. The number of unbranched alkanes of at least 4 members (excludes halogenated alkanes) is 6. The molecule has 4 aromatic rings. The van der Waals surface area contributed by atoms with Crippen molar-refractivity contribution in [2.45, 2.75) is 208 Å². The second kappa shape index (κ2) is 49.7. The number of aliphatic carboxylic acids is 5. The quantitative estimate of drug-likeness (QED) is 0.00861. The topological polar surface area (TPSA) is 506 Å². The minimum absolute atomic E-state index is 0. The number of phenols is 2. The number of hydrogen-bond donors (Lipinski definition) is 11. The van der Waals surface area contributed by atoms with E-state index in [1.54, 1.807) is 36.4 Å². The van der Waals surface area contributed by atoms with E-state index in [1.807, 2.05) is 69.7 Å². The molecular weight excluding hydrogens is 1670 g/mol. The molecule has 33 nitrogen and oxygen atoms in total. The summed E-state index contributed by atoms with van der Waals surface area (Å²) in [7, 11) is -7.51. The number of urea groups is 1. The van der Waals surface area contributed by atoms with Gasteiger partial charge in [0.15, 0.2) is 5.71 Å². The fourth-order valence-corrected chi connectivity index (χ4v) is 15.3. The van der Waals surface area contributed by atoms with Crippen LogP contribution in [0.15, 0.2) is 119 Å². The van der Waals surface area contributed by atoms with E-state index in [9.17, 15) is 105 Å². The van der Waals surface area contributed by atoms with E-state index < -0.39 is 105 Å². The molecule has 0 saturated carbocycles. The molecule has 2 heterocycles. The number of amides is 4. The summed E-state index contributed by atoms with van der Waals surface area (Å²) in [5.74, 6) is -7.00. The van der Waals surface area contributed by atoms with E-state index >= 15 is 0 Å². The van der Waals surface area contributed by atoms with E-state index in [-0.39, 0.29) is 169 Å².